The van der Waals surface area contributed by atoms with E-state index in [1.165, 1.54) is 22.7 Å². The van der Waals surface area contributed by atoms with Gasteiger partial charge in [-0.1, -0.05) is 30.0 Å². The van der Waals surface area contributed by atoms with Crippen LogP contribution in [0.4, 0.5) is 0 Å². The molecule has 0 radical (unpaired) electrons. The number of amides is 1. The molecule has 4 aromatic rings. The quantitative estimate of drug-likeness (QED) is 0.471. The average Bonchev–Trinajstić information content (AvgIpc) is 3.22. The summed E-state index contributed by atoms with van der Waals surface area (Å²) in [5.41, 5.74) is 2.85. The van der Waals surface area contributed by atoms with Gasteiger partial charge in [-0.25, -0.2) is 4.98 Å². The molecule has 1 aliphatic heterocycles. The van der Waals surface area contributed by atoms with Crippen molar-refractivity contribution >= 4 is 28.6 Å². The summed E-state index contributed by atoms with van der Waals surface area (Å²) in [6, 6.07) is 17.5. The molecule has 156 valence electrons. The van der Waals surface area contributed by atoms with E-state index in [1.807, 2.05) is 36.5 Å². The van der Waals surface area contributed by atoms with E-state index in [-0.39, 0.29) is 5.91 Å². The SMILES string of the molecule is O=C(NCCc1c[nH]c2ccccc12)c1cccnc1Sc1ccc2c(c1)OCCO2. The lowest BCUT2D eigenvalue weighted by Gasteiger charge is -2.18. The number of rotatable bonds is 6. The lowest BCUT2D eigenvalue weighted by Crippen LogP contribution is -2.26. The topological polar surface area (TPSA) is 76.2 Å². The Balaban J connectivity index is 1.27. The molecule has 0 saturated heterocycles. The fraction of sp³-hybridized carbons (Fsp3) is 0.167. The Hall–Kier alpha value is -3.45. The van der Waals surface area contributed by atoms with E-state index < -0.39 is 0 Å². The highest BCUT2D eigenvalue weighted by atomic mass is 32.2. The maximum absolute atomic E-state index is 12.9. The van der Waals surface area contributed by atoms with Crippen LogP contribution in [0.2, 0.25) is 0 Å². The molecule has 1 aliphatic rings. The summed E-state index contributed by atoms with van der Waals surface area (Å²) in [6.45, 7) is 1.64. The van der Waals surface area contributed by atoms with Crippen molar-refractivity contribution in [1.29, 1.82) is 0 Å². The van der Waals surface area contributed by atoms with E-state index in [2.05, 4.69) is 27.4 Å². The van der Waals surface area contributed by atoms with Crippen LogP contribution in [0.5, 0.6) is 11.5 Å². The van der Waals surface area contributed by atoms with Crippen molar-refractivity contribution in [1.82, 2.24) is 15.3 Å². The predicted molar refractivity (Wildman–Crippen MR) is 120 cm³/mol. The van der Waals surface area contributed by atoms with Crippen LogP contribution < -0.4 is 14.8 Å². The summed E-state index contributed by atoms with van der Waals surface area (Å²) in [5, 5.41) is 4.87. The Morgan fingerprint density at radius 2 is 1.94 bits per heavy atom. The number of hydrogen-bond acceptors (Lipinski definition) is 5. The Morgan fingerprint density at radius 3 is 2.87 bits per heavy atom. The normalized spacial score (nSPS) is 12.6. The minimum atomic E-state index is -0.131. The van der Waals surface area contributed by atoms with Gasteiger partial charge in [0.25, 0.3) is 5.91 Å². The van der Waals surface area contributed by atoms with Crippen LogP contribution in [0.1, 0.15) is 15.9 Å². The van der Waals surface area contributed by atoms with Gasteiger partial charge in [-0.15, -0.1) is 0 Å². The van der Waals surface area contributed by atoms with E-state index in [0.29, 0.717) is 30.3 Å². The van der Waals surface area contributed by atoms with E-state index in [4.69, 9.17) is 9.47 Å². The summed E-state index contributed by atoms with van der Waals surface area (Å²) in [4.78, 5) is 21.5. The number of fused-ring (bicyclic) bond motifs is 2. The molecule has 2 aromatic carbocycles. The number of nitrogens with zero attached hydrogens (tertiary/aromatic N) is 1. The van der Waals surface area contributed by atoms with Crippen molar-refractivity contribution in [3.8, 4) is 11.5 Å². The Kier molecular flexibility index (Phi) is 5.50. The number of nitrogens with one attached hydrogen (secondary N) is 2. The summed E-state index contributed by atoms with van der Waals surface area (Å²) < 4.78 is 11.2. The van der Waals surface area contributed by atoms with E-state index in [1.54, 1.807) is 18.3 Å². The maximum atomic E-state index is 12.9. The van der Waals surface area contributed by atoms with Crippen molar-refractivity contribution < 1.29 is 14.3 Å². The fourth-order valence-corrected chi connectivity index (χ4v) is 4.50. The summed E-state index contributed by atoms with van der Waals surface area (Å²) in [5.74, 6) is 1.33. The van der Waals surface area contributed by atoms with Gasteiger partial charge in [0.15, 0.2) is 11.5 Å². The van der Waals surface area contributed by atoms with Gasteiger partial charge >= 0.3 is 0 Å². The number of carbonyl (C=O) groups is 1. The van der Waals surface area contributed by atoms with Crippen molar-refractivity contribution in [3.05, 3.63) is 78.1 Å². The summed E-state index contributed by atoms with van der Waals surface area (Å²) in [7, 11) is 0. The third kappa shape index (κ3) is 4.22. The van der Waals surface area contributed by atoms with Crippen LogP contribution in [0.3, 0.4) is 0 Å². The smallest absolute Gasteiger partial charge is 0.254 e. The second kappa shape index (κ2) is 8.73. The van der Waals surface area contributed by atoms with Crippen molar-refractivity contribution in [2.45, 2.75) is 16.3 Å². The molecule has 0 aliphatic carbocycles. The zero-order valence-electron chi connectivity index (χ0n) is 16.8. The lowest BCUT2D eigenvalue weighted by atomic mass is 10.1. The van der Waals surface area contributed by atoms with Crippen LogP contribution in [-0.2, 0) is 6.42 Å². The molecule has 5 rings (SSSR count). The molecule has 0 unspecified atom stereocenters. The minimum Gasteiger partial charge on any atom is -0.486 e. The van der Waals surface area contributed by atoms with E-state index in [9.17, 15) is 4.79 Å². The van der Waals surface area contributed by atoms with Crippen LogP contribution in [0, 0.1) is 0 Å². The molecule has 0 atom stereocenters. The molecule has 0 saturated carbocycles. The van der Waals surface area contributed by atoms with Crippen molar-refractivity contribution in [2.24, 2.45) is 0 Å². The predicted octanol–water partition coefficient (Wildman–Crippen LogP) is 4.46. The molecule has 3 heterocycles. The molecular formula is C24H21N3O3S. The molecule has 2 aromatic heterocycles. The monoisotopic (exact) mass is 431 g/mol. The van der Waals surface area contributed by atoms with Crippen LogP contribution in [0.25, 0.3) is 10.9 Å². The van der Waals surface area contributed by atoms with Gasteiger partial charge in [-0.05, 0) is 48.4 Å². The third-order valence-electron chi connectivity index (χ3n) is 5.10. The number of H-pyrrole nitrogens is 1. The lowest BCUT2D eigenvalue weighted by molar-refractivity contribution is 0.0950. The molecule has 6 nitrogen and oxygen atoms in total. The highest BCUT2D eigenvalue weighted by molar-refractivity contribution is 7.99. The van der Waals surface area contributed by atoms with Crippen molar-refractivity contribution in [3.63, 3.8) is 0 Å². The standard InChI is InChI=1S/C24H21N3O3S/c28-23(25-11-9-16-15-27-20-6-2-1-4-18(16)20)19-5-3-10-26-24(19)31-17-7-8-21-22(14-17)30-13-12-29-21/h1-8,10,14-15,27H,9,11-13H2,(H,25,28). The van der Waals surface area contributed by atoms with E-state index >= 15 is 0 Å². The van der Waals surface area contributed by atoms with Gasteiger partial charge in [-0.3, -0.25) is 4.79 Å². The molecule has 0 fully saturated rings. The number of carbonyl (C=O) groups excluding carboxylic acids is 1. The Labute approximate surface area is 184 Å². The number of hydrogen-bond donors (Lipinski definition) is 2. The number of benzene rings is 2. The number of para-hydroxylation sites is 1. The summed E-state index contributed by atoms with van der Waals surface area (Å²) in [6.07, 6.45) is 4.45. The second-order valence-electron chi connectivity index (χ2n) is 7.13. The van der Waals surface area contributed by atoms with Crippen molar-refractivity contribution in [2.75, 3.05) is 19.8 Å². The first-order chi connectivity index (χ1) is 15.3. The Morgan fingerprint density at radius 1 is 1.06 bits per heavy atom. The number of aromatic nitrogens is 2. The zero-order chi connectivity index (χ0) is 21.0. The highest BCUT2D eigenvalue weighted by Crippen LogP contribution is 2.37. The molecule has 0 spiro atoms. The zero-order valence-corrected chi connectivity index (χ0v) is 17.6. The van der Waals surface area contributed by atoms with Gasteiger partial charge in [0, 0.05) is 34.7 Å². The van der Waals surface area contributed by atoms with Gasteiger partial charge in [0.05, 0.1) is 5.56 Å². The maximum Gasteiger partial charge on any atom is 0.254 e. The molecule has 2 N–H and O–H groups in total. The largest absolute Gasteiger partial charge is 0.486 e. The fourth-order valence-electron chi connectivity index (χ4n) is 3.59. The van der Waals surface area contributed by atoms with E-state index in [0.717, 1.165) is 28.3 Å². The molecule has 31 heavy (non-hydrogen) atoms. The number of pyridine rings is 1. The third-order valence-corrected chi connectivity index (χ3v) is 6.11. The summed E-state index contributed by atoms with van der Waals surface area (Å²) >= 11 is 1.44. The van der Waals surface area contributed by atoms with Gasteiger partial charge in [0.1, 0.15) is 18.2 Å². The number of ether oxygens (including phenoxy) is 2. The van der Waals surface area contributed by atoms with Gasteiger partial charge in [-0.2, -0.15) is 0 Å². The first-order valence-electron chi connectivity index (χ1n) is 10.1. The molecule has 7 heteroatoms. The first kappa shape index (κ1) is 19.5. The van der Waals surface area contributed by atoms with Crippen LogP contribution in [-0.4, -0.2) is 35.6 Å². The second-order valence-corrected chi connectivity index (χ2v) is 8.19. The molecular weight excluding hydrogens is 410 g/mol. The molecule has 1 amide bonds. The molecule has 0 bridgehead atoms. The highest BCUT2D eigenvalue weighted by Gasteiger charge is 2.16. The average molecular weight is 432 g/mol. The first-order valence-corrected chi connectivity index (χ1v) is 11.0. The van der Waals surface area contributed by atoms with Crippen LogP contribution >= 0.6 is 11.8 Å². The minimum absolute atomic E-state index is 0.131. The van der Waals surface area contributed by atoms with Gasteiger partial charge < -0.3 is 19.8 Å². The van der Waals surface area contributed by atoms with Crippen LogP contribution in [0.15, 0.2) is 76.9 Å². The Bertz CT molecular complexity index is 1240. The van der Waals surface area contributed by atoms with Gasteiger partial charge in [0.2, 0.25) is 0 Å². The number of aromatic amines is 1.